The average Bonchev–Trinajstić information content (AvgIpc) is 2.15. The summed E-state index contributed by atoms with van der Waals surface area (Å²) in [6.07, 6.45) is 5.18. The first-order valence-electron chi connectivity index (χ1n) is 5.50. The molecular weight excluding hydrogens is 164 g/mol. The third-order valence-electron chi connectivity index (χ3n) is 3.12. The standard InChI is InChI=1S/C11H22O2/c1-3-10(4-2)8-11(12)6-5-7-13-9-11/h10,12H,3-9H2,1-2H3. The van der Waals surface area contributed by atoms with Gasteiger partial charge in [-0.1, -0.05) is 26.7 Å². The van der Waals surface area contributed by atoms with Crippen LogP contribution in [0.25, 0.3) is 0 Å². The van der Waals surface area contributed by atoms with E-state index in [2.05, 4.69) is 13.8 Å². The molecule has 0 aliphatic carbocycles. The van der Waals surface area contributed by atoms with Crippen molar-refractivity contribution in [2.75, 3.05) is 13.2 Å². The largest absolute Gasteiger partial charge is 0.387 e. The molecule has 1 rings (SSSR count). The van der Waals surface area contributed by atoms with E-state index >= 15 is 0 Å². The van der Waals surface area contributed by atoms with Crippen molar-refractivity contribution >= 4 is 0 Å². The predicted octanol–water partition coefficient (Wildman–Crippen LogP) is 2.35. The third kappa shape index (κ3) is 3.28. The number of ether oxygens (including phenoxy) is 1. The molecule has 78 valence electrons. The second kappa shape index (κ2) is 4.97. The highest BCUT2D eigenvalue weighted by molar-refractivity contribution is 4.83. The zero-order chi connectivity index (χ0) is 9.73. The second-order valence-corrected chi connectivity index (χ2v) is 4.27. The predicted molar refractivity (Wildman–Crippen MR) is 53.7 cm³/mol. The Hall–Kier alpha value is -0.0800. The van der Waals surface area contributed by atoms with Crippen LogP contribution in [-0.4, -0.2) is 23.9 Å². The van der Waals surface area contributed by atoms with Gasteiger partial charge in [0.25, 0.3) is 0 Å². The molecule has 0 aromatic carbocycles. The number of hydrogen-bond acceptors (Lipinski definition) is 2. The molecule has 1 aliphatic heterocycles. The van der Waals surface area contributed by atoms with Gasteiger partial charge in [0.2, 0.25) is 0 Å². The topological polar surface area (TPSA) is 29.5 Å². The van der Waals surface area contributed by atoms with Gasteiger partial charge in [0.1, 0.15) is 0 Å². The van der Waals surface area contributed by atoms with Crippen molar-refractivity contribution in [2.24, 2.45) is 5.92 Å². The Morgan fingerprint density at radius 2 is 2.08 bits per heavy atom. The summed E-state index contributed by atoms with van der Waals surface area (Å²) in [5.74, 6) is 0.659. The molecule has 1 aliphatic rings. The molecule has 0 radical (unpaired) electrons. The molecule has 1 fully saturated rings. The van der Waals surface area contributed by atoms with Gasteiger partial charge in [-0.2, -0.15) is 0 Å². The van der Waals surface area contributed by atoms with Gasteiger partial charge in [-0.3, -0.25) is 0 Å². The van der Waals surface area contributed by atoms with Crippen LogP contribution in [0.15, 0.2) is 0 Å². The van der Waals surface area contributed by atoms with E-state index in [1.807, 2.05) is 0 Å². The van der Waals surface area contributed by atoms with Crippen LogP contribution >= 0.6 is 0 Å². The van der Waals surface area contributed by atoms with E-state index in [-0.39, 0.29) is 0 Å². The molecule has 1 unspecified atom stereocenters. The van der Waals surface area contributed by atoms with Gasteiger partial charge in [-0.05, 0) is 25.2 Å². The maximum absolute atomic E-state index is 10.2. The smallest absolute Gasteiger partial charge is 0.0883 e. The molecule has 2 heteroatoms. The van der Waals surface area contributed by atoms with E-state index in [1.54, 1.807) is 0 Å². The van der Waals surface area contributed by atoms with Crippen molar-refractivity contribution < 1.29 is 9.84 Å². The van der Waals surface area contributed by atoms with Crippen molar-refractivity contribution in [3.8, 4) is 0 Å². The van der Waals surface area contributed by atoms with Gasteiger partial charge >= 0.3 is 0 Å². The van der Waals surface area contributed by atoms with E-state index in [9.17, 15) is 5.11 Å². The monoisotopic (exact) mass is 186 g/mol. The number of aliphatic hydroxyl groups is 1. The van der Waals surface area contributed by atoms with E-state index in [0.29, 0.717) is 12.5 Å². The van der Waals surface area contributed by atoms with E-state index in [4.69, 9.17) is 4.74 Å². The summed E-state index contributed by atoms with van der Waals surface area (Å²) in [4.78, 5) is 0. The molecular formula is C11H22O2. The number of hydrogen-bond donors (Lipinski definition) is 1. The summed E-state index contributed by atoms with van der Waals surface area (Å²) in [5.41, 5.74) is -0.519. The minimum absolute atomic E-state index is 0.519. The lowest BCUT2D eigenvalue weighted by atomic mass is 9.84. The van der Waals surface area contributed by atoms with Crippen molar-refractivity contribution in [2.45, 2.75) is 51.6 Å². The first kappa shape index (κ1) is 11.0. The van der Waals surface area contributed by atoms with Crippen LogP contribution in [0.1, 0.15) is 46.0 Å². The third-order valence-corrected chi connectivity index (χ3v) is 3.12. The van der Waals surface area contributed by atoms with Crippen molar-refractivity contribution in [1.29, 1.82) is 0 Å². The molecule has 0 spiro atoms. The normalized spacial score (nSPS) is 29.5. The van der Waals surface area contributed by atoms with Crippen molar-refractivity contribution in [1.82, 2.24) is 0 Å². The molecule has 13 heavy (non-hydrogen) atoms. The second-order valence-electron chi connectivity index (χ2n) is 4.27. The van der Waals surface area contributed by atoms with Gasteiger partial charge in [0, 0.05) is 6.61 Å². The van der Waals surface area contributed by atoms with Gasteiger partial charge in [-0.15, -0.1) is 0 Å². The maximum Gasteiger partial charge on any atom is 0.0883 e. The van der Waals surface area contributed by atoms with Crippen molar-refractivity contribution in [3.63, 3.8) is 0 Å². The van der Waals surface area contributed by atoms with Gasteiger partial charge in [0.05, 0.1) is 12.2 Å². The van der Waals surface area contributed by atoms with Gasteiger partial charge in [-0.25, -0.2) is 0 Å². The van der Waals surface area contributed by atoms with Crippen LogP contribution in [0.3, 0.4) is 0 Å². The lowest BCUT2D eigenvalue weighted by molar-refractivity contribution is -0.0978. The molecule has 0 bridgehead atoms. The Morgan fingerprint density at radius 3 is 2.54 bits per heavy atom. The Balaban J connectivity index is 2.39. The first-order valence-corrected chi connectivity index (χ1v) is 5.50. The summed E-state index contributed by atoms with van der Waals surface area (Å²) in [5, 5.41) is 10.2. The summed E-state index contributed by atoms with van der Waals surface area (Å²) in [7, 11) is 0. The Labute approximate surface area is 81.3 Å². The fourth-order valence-corrected chi connectivity index (χ4v) is 2.11. The highest BCUT2D eigenvalue weighted by atomic mass is 16.5. The molecule has 0 aromatic rings. The Bertz CT molecular complexity index is 135. The SMILES string of the molecule is CCC(CC)CC1(O)CCCOC1. The molecule has 1 N–H and O–H groups in total. The van der Waals surface area contributed by atoms with Crippen LogP contribution in [-0.2, 0) is 4.74 Å². The van der Waals surface area contributed by atoms with Crippen LogP contribution in [0.5, 0.6) is 0 Å². The minimum atomic E-state index is -0.519. The quantitative estimate of drug-likeness (QED) is 0.730. The molecule has 2 nitrogen and oxygen atoms in total. The Morgan fingerprint density at radius 1 is 1.38 bits per heavy atom. The first-order chi connectivity index (χ1) is 6.20. The lowest BCUT2D eigenvalue weighted by Gasteiger charge is -2.34. The Kier molecular flexibility index (Phi) is 4.20. The van der Waals surface area contributed by atoms with Crippen LogP contribution < -0.4 is 0 Å². The molecule has 1 heterocycles. The van der Waals surface area contributed by atoms with E-state index in [1.165, 1.54) is 12.8 Å². The molecule has 0 saturated carbocycles. The summed E-state index contributed by atoms with van der Waals surface area (Å²) >= 11 is 0. The zero-order valence-electron chi connectivity index (χ0n) is 8.88. The fourth-order valence-electron chi connectivity index (χ4n) is 2.11. The lowest BCUT2D eigenvalue weighted by Crippen LogP contribution is -2.40. The van der Waals surface area contributed by atoms with E-state index in [0.717, 1.165) is 25.9 Å². The summed E-state index contributed by atoms with van der Waals surface area (Å²) in [6.45, 7) is 5.76. The zero-order valence-corrected chi connectivity index (χ0v) is 8.88. The van der Waals surface area contributed by atoms with Crippen LogP contribution in [0.2, 0.25) is 0 Å². The van der Waals surface area contributed by atoms with Crippen LogP contribution in [0.4, 0.5) is 0 Å². The van der Waals surface area contributed by atoms with Gasteiger partial charge < -0.3 is 9.84 Å². The molecule has 0 amide bonds. The average molecular weight is 186 g/mol. The number of rotatable bonds is 4. The molecule has 1 atom stereocenters. The highest BCUT2D eigenvalue weighted by Gasteiger charge is 2.31. The van der Waals surface area contributed by atoms with Crippen LogP contribution in [0, 0.1) is 5.92 Å². The maximum atomic E-state index is 10.2. The van der Waals surface area contributed by atoms with E-state index < -0.39 is 5.60 Å². The fraction of sp³-hybridized carbons (Fsp3) is 1.00. The molecule has 1 saturated heterocycles. The highest BCUT2D eigenvalue weighted by Crippen LogP contribution is 2.29. The van der Waals surface area contributed by atoms with Crippen molar-refractivity contribution in [3.05, 3.63) is 0 Å². The molecule has 0 aromatic heterocycles. The minimum Gasteiger partial charge on any atom is -0.387 e. The summed E-state index contributed by atoms with van der Waals surface area (Å²) in [6, 6.07) is 0. The van der Waals surface area contributed by atoms with Gasteiger partial charge in [0.15, 0.2) is 0 Å². The summed E-state index contributed by atoms with van der Waals surface area (Å²) < 4.78 is 5.32.